The van der Waals surface area contributed by atoms with Crippen molar-refractivity contribution in [3.63, 3.8) is 0 Å². The molecule has 1 fully saturated rings. The number of fused-ring (bicyclic) bond motifs is 1. The van der Waals surface area contributed by atoms with E-state index in [0.717, 1.165) is 57.4 Å². The van der Waals surface area contributed by atoms with Crippen LogP contribution >= 0.6 is 0 Å². The largest absolute Gasteiger partial charge is 0.376 e. The van der Waals surface area contributed by atoms with Crippen molar-refractivity contribution in [1.29, 1.82) is 0 Å². The molecule has 1 aromatic heterocycles. The lowest BCUT2D eigenvalue weighted by atomic mass is 10.1. The average molecular weight is 304 g/mol. The summed E-state index contributed by atoms with van der Waals surface area (Å²) in [5.41, 5.74) is 3.76. The van der Waals surface area contributed by atoms with Crippen molar-refractivity contribution in [2.75, 3.05) is 13.2 Å². The summed E-state index contributed by atoms with van der Waals surface area (Å²) in [4.78, 5) is 12.8. The van der Waals surface area contributed by atoms with Gasteiger partial charge in [-0.15, -0.1) is 0 Å². The number of pyridine rings is 1. The molecule has 1 atom stereocenters. The molecule has 0 bridgehead atoms. The zero-order valence-electron chi connectivity index (χ0n) is 13.7. The van der Waals surface area contributed by atoms with E-state index in [-0.39, 0.29) is 11.7 Å². The van der Waals surface area contributed by atoms with Gasteiger partial charge in [0.25, 0.3) is 5.56 Å². The molecular weight excluding hydrogens is 276 g/mol. The first-order chi connectivity index (χ1) is 10.8. The van der Waals surface area contributed by atoms with Gasteiger partial charge in [0.1, 0.15) is 0 Å². The number of nitrogens with one attached hydrogen (secondary N) is 1. The Hall–Kier alpha value is -1.13. The van der Waals surface area contributed by atoms with E-state index in [1.807, 2.05) is 4.57 Å². The van der Waals surface area contributed by atoms with Crippen molar-refractivity contribution in [3.05, 3.63) is 33.2 Å². The molecule has 0 radical (unpaired) electrons. The maximum absolute atomic E-state index is 12.8. The summed E-state index contributed by atoms with van der Waals surface area (Å²) < 4.78 is 7.77. The first-order valence-electron chi connectivity index (χ1n) is 8.86. The Morgan fingerprint density at radius 1 is 1.36 bits per heavy atom. The number of ether oxygens (including phenoxy) is 1. The number of rotatable bonds is 7. The smallest absolute Gasteiger partial charge is 0.255 e. The molecule has 0 spiro atoms. The normalized spacial score (nSPS) is 20.5. The van der Waals surface area contributed by atoms with Crippen molar-refractivity contribution in [1.82, 2.24) is 9.88 Å². The van der Waals surface area contributed by atoms with E-state index in [9.17, 15) is 4.79 Å². The van der Waals surface area contributed by atoms with Crippen molar-refractivity contribution >= 4 is 0 Å². The van der Waals surface area contributed by atoms with E-state index in [1.54, 1.807) is 0 Å². The van der Waals surface area contributed by atoms with Crippen molar-refractivity contribution in [2.45, 2.75) is 71.1 Å². The number of unbranched alkanes of at least 4 members (excludes halogenated alkanes) is 1. The SMILES string of the molecule is CCCCNCc1cc2c(n(CC3CCCO3)c1=O)CCC2. The molecular formula is C18H28N2O2. The molecule has 22 heavy (non-hydrogen) atoms. The molecule has 1 aliphatic heterocycles. The van der Waals surface area contributed by atoms with Crippen molar-refractivity contribution < 1.29 is 4.74 Å². The van der Waals surface area contributed by atoms with Crippen LogP contribution in [0.1, 0.15) is 55.8 Å². The van der Waals surface area contributed by atoms with E-state index in [1.165, 1.54) is 24.1 Å². The zero-order valence-corrected chi connectivity index (χ0v) is 13.7. The van der Waals surface area contributed by atoms with Gasteiger partial charge >= 0.3 is 0 Å². The van der Waals surface area contributed by atoms with Crippen LogP contribution in [0.4, 0.5) is 0 Å². The number of hydrogen-bond donors (Lipinski definition) is 1. The molecule has 0 aromatic carbocycles. The molecule has 1 aliphatic carbocycles. The Morgan fingerprint density at radius 3 is 3.05 bits per heavy atom. The van der Waals surface area contributed by atoms with Gasteiger partial charge < -0.3 is 14.6 Å². The van der Waals surface area contributed by atoms with Gasteiger partial charge in [0.15, 0.2) is 0 Å². The standard InChI is InChI=1S/C18H28N2O2/c1-2-3-9-19-12-15-11-14-6-4-8-17(14)20(18(15)21)13-16-7-5-10-22-16/h11,16,19H,2-10,12-13H2,1H3. The summed E-state index contributed by atoms with van der Waals surface area (Å²) in [5, 5.41) is 3.41. The molecule has 2 heterocycles. The molecule has 1 saturated heterocycles. The minimum Gasteiger partial charge on any atom is -0.376 e. The lowest BCUT2D eigenvalue weighted by Gasteiger charge is -2.18. The minimum absolute atomic E-state index is 0.195. The van der Waals surface area contributed by atoms with Crippen LogP contribution in [0.5, 0.6) is 0 Å². The highest BCUT2D eigenvalue weighted by Crippen LogP contribution is 2.23. The summed E-state index contributed by atoms with van der Waals surface area (Å²) in [7, 11) is 0. The Kier molecular flexibility index (Phi) is 5.32. The molecule has 122 valence electrons. The highest BCUT2D eigenvalue weighted by molar-refractivity contribution is 5.30. The third-order valence-corrected chi connectivity index (χ3v) is 4.86. The average Bonchev–Trinajstić information content (AvgIpc) is 3.18. The fraction of sp³-hybridized carbons (Fsp3) is 0.722. The molecule has 1 aromatic rings. The van der Waals surface area contributed by atoms with E-state index in [0.29, 0.717) is 6.54 Å². The van der Waals surface area contributed by atoms with Crippen LogP contribution in [0.2, 0.25) is 0 Å². The molecule has 4 heteroatoms. The second-order valence-electron chi connectivity index (χ2n) is 6.58. The summed E-state index contributed by atoms with van der Waals surface area (Å²) in [6.45, 7) is 5.45. The lowest BCUT2D eigenvalue weighted by Crippen LogP contribution is -2.33. The molecule has 4 nitrogen and oxygen atoms in total. The van der Waals surface area contributed by atoms with E-state index in [2.05, 4.69) is 18.3 Å². The highest BCUT2D eigenvalue weighted by Gasteiger charge is 2.23. The van der Waals surface area contributed by atoms with Crippen molar-refractivity contribution in [3.8, 4) is 0 Å². The molecule has 3 rings (SSSR count). The summed E-state index contributed by atoms with van der Waals surface area (Å²) in [5.74, 6) is 0. The molecule has 0 saturated carbocycles. The van der Waals surface area contributed by atoms with Crippen LogP contribution < -0.4 is 10.9 Å². The van der Waals surface area contributed by atoms with Gasteiger partial charge in [-0.25, -0.2) is 0 Å². The number of aromatic nitrogens is 1. The third kappa shape index (κ3) is 3.44. The predicted molar refractivity (Wildman–Crippen MR) is 88.3 cm³/mol. The van der Waals surface area contributed by atoms with Gasteiger partial charge in [-0.2, -0.15) is 0 Å². The van der Waals surface area contributed by atoms with Crippen LogP contribution in [0.25, 0.3) is 0 Å². The summed E-state index contributed by atoms with van der Waals surface area (Å²) >= 11 is 0. The monoisotopic (exact) mass is 304 g/mol. The Labute approximate surface area is 132 Å². The van der Waals surface area contributed by atoms with Crippen LogP contribution in [-0.4, -0.2) is 23.8 Å². The topological polar surface area (TPSA) is 43.3 Å². The second kappa shape index (κ2) is 7.42. The quantitative estimate of drug-likeness (QED) is 0.787. The Balaban J connectivity index is 1.80. The van der Waals surface area contributed by atoms with Crippen LogP contribution in [-0.2, 0) is 30.7 Å². The number of aryl methyl sites for hydroxylation is 1. The van der Waals surface area contributed by atoms with Gasteiger partial charge in [0, 0.05) is 24.4 Å². The van der Waals surface area contributed by atoms with Crippen molar-refractivity contribution in [2.24, 2.45) is 0 Å². The van der Waals surface area contributed by atoms with Crippen LogP contribution in [0, 0.1) is 0 Å². The van der Waals surface area contributed by atoms with E-state index < -0.39 is 0 Å². The maximum Gasteiger partial charge on any atom is 0.255 e. The highest BCUT2D eigenvalue weighted by atomic mass is 16.5. The van der Waals surface area contributed by atoms with Gasteiger partial charge in [-0.3, -0.25) is 4.79 Å². The number of nitrogens with zero attached hydrogens (tertiary/aromatic N) is 1. The summed E-state index contributed by atoms with van der Waals surface area (Å²) in [6.07, 6.45) is 8.11. The second-order valence-corrected chi connectivity index (χ2v) is 6.58. The van der Waals surface area contributed by atoms with Gasteiger partial charge in [0.05, 0.1) is 12.6 Å². The zero-order chi connectivity index (χ0) is 15.4. The lowest BCUT2D eigenvalue weighted by molar-refractivity contribution is 0.0954. The number of hydrogen-bond acceptors (Lipinski definition) is 3. The summed E-state index contributed by atoms with van der Waals surface area (Å²) in [6, 6.07) is 2.15. The molecule has 1 unspecified atom stereocenters. The first kappa shape index (κ1) is 15.8. The molecule has 0 amide bonds. The molecule has 1 N–H and O–H groups in total. The van der Waals surface area contributed by atoms with Gasteiger partial charge in [0.2, 0.25) is 0 Å². The fourth-order valence-corrected chi connectivity index (χ4v) is 3.62. The maximum atomic E-state index is 12.8. The Bertz CT molecular complexity index is 559. The minimum atomic E-state index is 0.195. The molecule has 2 aliphatic rings. The van der Waals surface area contributed by atoms with Crippen LogP contribution in [0.15, 0.2) is 10.9 Å². The first-order valence-corrected chi connectivity index (χ1v) is 8.86. The van der Waals surface area contributed by atoms with E-state index in [4.69, 9.17) is 4.74 Å². The third-order valence-electron chi connectivity index (χ3n) is 4.86. The van der Waals surface area contributed by atoms with Gasteiger partial charge in [-0.1, -0.05) is 13.3 Å². The van der Waals surface area contributed by atoms with Crippen LogP contribution in [0.3, 0.4) is 0 Å². The fourth-order valence-electron chi connectivity index (χ4n) is 3.62. The van der Waals surface area contributed by atoms with E-state index >= 15 is 0 Å². The predicted octanol–water partition coefficient (Wildman–Crippen LogP) is 2.41. The Morgan fingerprint density at radius 2 is 2.27 bits per heavy atom. The van der Waals surface area contributed by atoms with Gasteiger partial charge in [-0.05, 0) is 56.7 Å².